The van der Waals surface area contributed by atoms with E-state index in [-0.39, 0.29) is 35.0 Å². The third kappa shape index (κ3) is 4.89. The molecule has 120 valence electrons. The topological polar surface area (TPSA) is 93.1 Å². The summed E-state index contributed by atoms with van der Waals surface area (Å²) in [5.41, 5.74) is 0.505. The molecular weight excluding hydrogens is 288 g/mol. The summed E-state index contributed by atoms with van der Waals surface area (Å²) in [4.78, 5) is 23.4. The molecule has 0 heterocycles. The van der Waals surface area contributed by atoms with Crippen LogP contribution in [0.5, 0.6) is 11.5 Å². The van der Waals surface area contributed by atoms with E-state index in [0.717, 1.165) is 0 Å². The summed E-state index contributed by atoms with van der Waals surface area (Å²) in [6.45, 7) is 8.26. The number of phenols is 2. The molecule has 0 fully saturated rings. The molecule has 1 aromatic carbocycles. The first kappa shape index (κ1) is 17.7. The lowest BCUT2D eigenvalue weighted by Crippen LogP contribution is -2.27. The first-order valence-corrected chi connectivity index (χ1v) is 6.76. The van der Waals surface area contributed by atoms with Gasteiger partial charge >= 0.3 is 5.97 Å². The van der Waals surface area contributed by atoms with E-state index in [1.807, 2.05) is 0 Å². The van der Waals surface area contributed by atoms with E-state index < -0.39 is 18.2 Å². The number of benzene rings is 1. The fourth-order valence-electron chi connectivity index (χ4n) is 1.58. The van der Waals surface area contributed by atoms with Crippen LogP contribution in [0.4, 0.5) is 0 Å². The Balaban J connectivity index is 2.55. The van der Waals surface area contributed by atoms with Crippen LogP contribution in [0.1, 0.15) is 31.1 Å². The van der Waals surface area contributed by atoms with Crippen LogP contribution in [-0.4, -0.2) is 40.8 Å². The maximum absolute atomic E-state index is 12.1. The number of Topliss-reactive ketones (excluding diaryl/α,β-unsaturated/α-hetero) is 1. The Kier molecular flexibility index (Phi) is 6.12. The largest absolute Gasteiger partial charge is 0.504 e. The molecule has 0 aliphatic rings. The molecule has 2 N–H and O–H groups in total. The molecule has 6 nitrogen and oxygen atoms in total. The number of hydrogen-bond donors (Lipinski definition) is 2. The number of esters is 1. The summed E-state index contributed by atoms with van der Waals surface area (Å²) in [5, 5.41) is 18.6. The van der Waals surface area contributed by atoms with Gasteiger partial charge in [-0.05, 0) is 39.0 Å². The van der Waals surface area contributed by atoms with Crippen molar-refractivity contribution in [3.63, 3.8) is 0 Å². The zero-order chi connectivity index (χ0) is 16.9. The van der Waals surface area contributed by atoms with Gasteiger partial charge in [-0.15, -0.1) is 0 Å². The summed E-state index contributed by atoms with van der Waals surface area (Å²) in [6.07, 6.45) is -1.30. The zero-order valence-electron chi connectivity index (χ0n) is 12.8. The predicted octanol–water partition coefficient (Wildman–Crippen LogP) is 2.19. The highest BCUT2D eigenvalue weighted by molar-refractivity contribution is 5.99. The Morgan fingerprint density at radius 1 is 1.23 bits per heavy atom. The van der Waals surface area contributed by atoms with Crippen molar-refractivity contribution >= 4 is 11.8 Å². The number of hydrogen-bond acceptors (Lipinski definition) is 6. The lowest BCUT2D eigenvalue weighted by molar-refractivity contribution is -0.146. The quantitative estimate of drug-likeness (QED) is 0.347. The second-order valence-electron chi connectivity index (χ2n) is 5.04. The molecule has 2 atom stereocenters. The van der Waals surface area contributed by atoms with Crippen molar-refractivity contribution < 1.29 is 29.3 Å². The number of ketones is 1. The summed E-state index contributed by atoms with van der Waals surface area (Å²) in [7, 11) is 0. The Labute approximate surface area is 129 Å². The minimum atomic E-state index is -0.782. The van der Waals surface area contributed by atoms with Crippen molar-refractivity contribution in [2.24, 2.45) is 0 Å². The number of aromatic hydroxyl groups is 2. The Bertz CT molecular complexity index is 578. The normalized spacial score (nSPS) is 13.2. The first-order valence-electron chi connectivity index (χ1n) is 6.76. The highest BCUT2D eigenvalue weighted by Crippen LogP contribution is 2.25. The molecule has 0 aromatic heterocycles. The van der Waals surface area contributed by atoms with Crippen LogP contribution in [-0.2, 0) is 14.3 Å². The molecular formula is C16H20O6. The minimum absolute atomic E-state index is 0.0516. The molecule has 0 aliphatic heterocycles. The van der Waals surface area contributed by atoms with Gasteiger partial charge in [-0.25, -0.2) is 4.79 Å². The second kappa shape index (κ2) is 7.61. The van der Waals surface area contributed by atoms with Crippen LogP contribution in [0.2, 0.25) is 0 Å². The summed E-state index contributed by atoms with van der Waals surface area (Å²) >= 11 is 0. The van der Waals surface area contributed by atoms with Crippen LogP contribution >= 0.6 is 0 Å². The summed E-state index contributed by atoms with van der Waals surface area (Å²) < 4.78 is 10.4. The lowest BCUT2D eigenvalue weighted by Gasteiger charge is -2.17. The molecule has 0 radical (unpaired) electrons. The number of carbonyl (C=O) groups is 2. The van der Waals surface area contributed by atoms with Crippen molar-refractivity contribution in [1.29, 1.82) is 0 Å². The maximum Gasteiger partial charge on any atom is 0.333 e. The van der Waals surface area contributed by atoms with E-state index in [1.54, 1.807) is 20.8 Å². The van der Waals surface area contributed by atoms with Crippen LogP contribution in [0, 0.1) is 0 Å². The number of ether oxygens (including phenoxy) is 2. The highest BCUT2D eigenvalue weighted by Gasteiger charge is 2.19. The fraction of sp³-hybridized carbons (Fsp3) is 0.375. The zero-order valence-corrected chi connectivity index (χ0v) is 12.8. The van der Waals surface area contributed by atoms with Gasteiger partial charge in [0.2, 0.25) is 0 Å². The van der Waals surface area contributed by atoms with Gasteiger partial charge in [-0.2, -0.15) is 0 Å². The Hall–Kier alpha value is -2.34. The average molecular weight is 308 g/mol. The molecule has 0 aliphatic carbocycles. The van der Waals surface area contributed by atoms with Crippen molar-refractivity contribution in [3.8, 4) is 11.5 Å². The van der Waals surface area contributed by atoms with E-state index in [4.69, 9.17) is 9.47 Å². The molecule has 1 aromatic rings. The van der Waals surface area contributed by atoms with Crippen LogP contribution in [0.3, 0.4) is 0 Å². The molecule has 22 heavy (non-hydrogen) atoms. The number of carbonyl (C=O) groups excluding carboxylic acids is 2. The fourth-order valence-corrected chi connectivity index (χ4v) is 1.58. The molecule has 6 heteroatoms. The van der Waals surface area contributed by atoms with E-state index in [0.29, 0.717) is 0 Å². The smallest absolute Gasteiger partial charge is 0.333 e. The maximum atomic E-state index is 12.1. The van der Waals surface area contributed by atoms with E-state index in [2.05, 4.69) is 6.58 Å². The van der Waals surface area contributed by atoms with Crippen molar-refractivity contribution in [1.82, 2.24) is 0 Å². The molecule has 0 bridgehead atoms. The lowest BCUT2D eigenvalue weighted by atomic mass is 10.1. The molecule has 2 unspecified atom stereocenters. The second-order valence-corrected chi connectivity index (χ2v) is 5.04. The van der Waals surface area contributed by atoms with Gasteiger partial charge in [0.05, 0.1) is 6.61 Å². The minimum Gasteiger partial charge on any atom is -0.504 e. The monoisotopic (exact) mass is 308 g/mol. The highest BCUT2D eigenvalue weighted by atomic mass is 16.6. The van der Waals surface area contributed by atoms with Crippen LogP contribution in [0.25, 0.3) is 0 Å². The molecule has 0 saturated heterocycles. The summed E-state index contributed by atoms with van der Waals surface area (Å²) in [5.74, 6) is -1.54. The van der Waals surface area contributed by atoms with E-state index in [1.165, 1.54) is 18.2 Å². The summed E-state index contributed by atoms with van der Waals surface area (Å²) in [6, 6.07) is 3.79. The SMILES string of the molecule is C=C(C)C(=O)OC(C)COC(C)C(=O)c1ccc(O)c(O)c1. The van der Waals surface area contributed by atoms with Crippen molar-refractivity contribution in [3.05, 3.63) is 35.9 Å². The van der Waals surface area contributed by atoms with Crippen molar-refractivity contribution in [2.45, 2.75) is 33.0 Å². The number of phenolic OH excluding ortho intramolecular Hbond substituents is 2. The molecule has 0 amide bonds. The molecule has 0 spiro atoms. The van der Waals surface area contributed by atoms with E-state index >= 15 is 0 Å². The Morgan fingerprint density at radius 3 is 2.41 bits per heavy atom. The van der Waals surface area contributed by atoms with Gasteiger partial charge in [0, 0.05) is 11.1 Å². The average Bonchev–Trinajstić information content (AvgIpc) is 2.46. The van der Waals surface area contributed by atoms with Gasteiger partial charge in [0.1, 0.15) is 12.2 Å². The van der Waals surface area contributed by atoms with E-state index in [9.17, 15) is 19.8 Å². The predicted molar refractivity (Wildman–Crippen MR) is 79.9 cm³/mol. The third-order valence-corrected chi connectivity index (χ3v) is 2.87. The van der Waals surface area contributed by atoms with Crippen LogP contribution < -0.4 is 0 Å². The Morgan fingerprint density at radius 2 is 1.86 bits per heavy atom. The van der Waals surface area contributed by atoms with Gasteiger partial charge in [0.15, 0.2) is 17.3 Å². The first-order chi connectivity index (χ1) is 10.2. The van der Waals surface area contributed by atoms with Gasteiger partial charge in [-0.1, -0.05) is 6.58 Å². The molecule has 1 rings (SSSR count). The van der Waals surface area contributed by atoms with Gasteiger partial charge in [0.25, 0.3) is 0 Å². The molecule has 0 saturated carbocycles. The van der Waals surface area contributed by atoms with Crippen LogP contribution in [0.15, 0.2) is 30.4 Å². The third-order valence-electron chi connectivity index (χ3n) is 2.87. The van der Waals surface area contributed by atoms with Gasteiger partial charge < -0.3 is 19.7 Å². The standard InChI is InChI=1S/C16H20O6/c1-9(2)16(20)22-10(3)8-21-11(4)15(19)12-5-6-13(17)14(18)7-12/h5-7,10-11,17-18H,1,8H2,2-4H3. The van der Waals surface area contributed by atoms with Gasteiger partial charge in [-0.3, -0.25) is 4.79 Å². The number of rotatable bonds is 7. The van der Waals surface area contributed by atoms with Crippen molar-refractivity contribution in [2.75, 3.05) is 6.61 Å².